The third-order valence-corrected chi connectivity index (χ3v) is 3.11. The summed E-state index contributed by atoms with van der Waals surface area (Å²) in [6.07, 6.45) is 3.59. The van der Waals surface area contributed by atoms with Crippen LogP contribution in [0.4, 0.5) is 5.69 Å². The first-order chi connectivity index (χ1) is 9.61. The van der Waals surface area contributed by atoms with E-state index in [-0.39, 0.29) is 0 Å². The van der Waals surface area contributed by atoms with Gasteiger partial charge < -0.3 is 14.6 Å². The van der Waals surface area contributed by atoms with Crippen molar-refractivity contribution in [2.75, 3.05) is 19.0 Å². The highest BCUT2D eigenvalue weighted by Crippen LogP contribution is 2.21. The standard InChI is InChI=1S/C15H22N4O/c1-11(2)15-17-9-14(13(18-15)8-16-3)19(4)10-12-6-5-7-20-12/h5-7,9,11,16H,8,10H2,1-4H3. The summed E-state index contributed by atoms with van der Waals surface area (Å²) in [6.45, 7) is 5.63. The monoisotopic (exact) mass is 274 g/mol. The maximum Gasteiger partial charge on any atom is 0.131 e. The highest BCUT2D eigenvalue weighted by Gasteiger charge is 2.13. The van der Waals surface area contributed by atoms with E-state index in [1.165, 1.54) is 0 Å². The molecule has 1 N–H and O–H groups in total. The normalized spacial score (nSPS) is 11.1. The molecule has 0 bridgehead atoms. The Morgan fingerprint density at radius 3 is 2.80 bits per heavy atom. The molecule has 0 aliphatic carbocycles. The van der Waals surface area contributed by atoms with Gasteiger partial charge >= 0.3 is 0 Å². The molecular formula is C15H22N4O. The van der Waals surface area contributed by atoms with Gasteiger partial charge in [-0.3, -0.25) is 0 Å². The number of hydrogen-bond donors (Lipinski definition) is 1. The van der Waals surface area contributed by atoms with Gasteiger partial charge in [-0.2, -0.15) is 0 Å². The smallest absolute Gasteiger partial charge is 0.131 e. The molecule has 5 heteroatoms. The fraction of sp³-hybridized carbons (Fsp3) is 0.467. The quantitative estimate of drug-likeness (QED) is 0.877. The highest BCUT2D eigenvalue weighted by molar-refractivity contribution is 5.48. The van der Waals surface area contributed by atoms with Gasteiger partial charge in [-0.15, -0.1) is 0 Å². The van der Waals surface area contributed by atoms with Crippen molar-refractivity contribution in [1.29, 1.82) is 0 Å². The van der Waals surface area contributed by atoms with Gasteiger partial charge in [0.1, 0.15) is 11.6 Å². The molecule has 0 aliphatic heterocycles. The van der Waals surface area contributed by atoms with E-state index in [0.29, 0.717) is 12.5 Å². The molecule has 0 aromatic carbocycles. The molecule has 0 unspecified atom stereocenters. The van der Waals surface area contributed by atoms with Gasteiger partial charge in [-0.05, 0) is 19.2 Å². The molecule has 20 heavy (non-hydrogen) atoms. The largest absolute Gasteiger partial charge is 0.467 e. The molecule has 5 nitrogen and oxygen atoms in total. The summed E-state index contributed by atoms with van der Waals surface area (Å²) in [5, 5.41) is 3.16. The zero-order chi connectivity index (χ0) is 14.5. The molecule has 2 aromatic rings. The summed E-state index contributed by atoms with van der Waals surface area (Å²) in [5.74, 6) is 2.14. The van der Waals surface area contributed by atoms with Crippen LogP contribution < -0.4 is 10.2 Å². The first-order valence-corrected chi connectivity index (χ1v) is 6.85. The van der Waals surface area contributed by atoms with Crippen molar-refractivity contribution in [2.24, 2.45) is 0 Å². The van der Waals surface area contributed by atoms with E-state index in [9.17, 15) is 0 Å². The maximum absolute atomic E-state index is 5.39. The summed E-state index contributed by atoms with van der Waals surface area (Å²) in [4.78, 5) is 11.2. The van der Waals surface area contributed by atoms with Crippen LogP contribution in [0.2, 0.25) is 0 Å². The predicted octanol–water partition coefficient (Wildman–Crippen LogP) is 2.55. The average Bonchev–Trinajstić information content (AvgIpc) is 2.91. The lowest BCUT2D eigenvalue weighted by molar-refractivity contribution is 0.507. The van der Waals surface area contributed by atoms with E-state index in [1.54, 1.807) is 6.26 Å². The lowest BCUT2D eigenvalue weighted by atomic mass is 10.2. The van der Waals surface area contributed by atoms with E-state index >= 15 is 0 Å². The number of aromatic nitrogens is 2. The first kappa shape index (κ1) is 14.5. The summed E-state index contributed by atoms with van der Waals surface area (Å²) in [6, 6.07) is 3.87. The molecule has 0 radical (unpaired) electrons. The molecule has 0 atom stereocenters. The third kappa shape index (κ3) is 3.36. The SMILES string of the molecule is CNCc1nc(C(C)C)ncc1N(C)Cc1ccco1. The predicted molar refractivity (Wildman–Crippen MR) is 79.7 cm³/mol. The summed E-state index contributed by atoms with van der Waals surface area (Å²) >= 11 is 0. The molecule has 108 valence electrons. The van der Waals surface area contributed by atoms with Gasteiger partial charge in [0.05, 0.1) is 30.4 Å². The second-order valence-electron chi connectivity index (χ2n) is 5.18. The Bertz CT molecular complexity index is 537. The van der Waals surface area contributed by atoms with Crippen molar-refractivity contribution in [3.8, 4) is 0 Å². The molecule has 0 spiro atoms. The Balaban J connectivity index is 2.24. The molecule has 0 amide bonds. The van der Waals surface area contributed by atoms with Crippen molar-refractivity contribution in [3.05, 3.63) is 41.9 Å². The second-order valence-corrected chi connectivity index (χ2v) is 5.18. The first-order valence-electron chi connectivity index (χ1n) is 6.85. The van der Waals surface area contributed by atoms with Crippen molar-refractivity contribution in [2.45, 2.75) is 32.9 Å². The number of nitrogens with one attached hydrogen (secondary N) is 1. The van der Waals surface area contributed by atoms with Crippen molar-refractivity contribution in [3.63, 3.8) is 0 Å². The van der Waals surface area contributed by atoms with E-state index in [0.717, 1.165) is 29.5 Å². The molecule has 2 aromatic heterocycles. The lowest BCUT2D eigenvalue weighted by Gasteiger charge is -2.21. The van der Waals surface area contributed by atoms with Crippen LogP contribution in [-0.2, 0) is 13.1 Å². The molecule has 2 rings (SSSR count). The minimum Gasteiger partial charge on any atom is -0.467 e. The van der Waals surface area contributed by atoms with Crippen molar-refractivity contribution < 1.29 is 4.42 Å². The van der Waals surface area contributed by atoms with Crippen LogP contribution in [0, 0.1) is 0 Å². The molecule has 0 fully saturated rings. The summed E-state index contributed by atoms with van der Waals surface area (Å²) < 4.78 is 5.39. The fourth-order valence-corrected chi connectivity index (χ4v) is 2.04. The summed E-state index contributed by atoms with van der Waals surface area (Å²) in [5.41, 5.74) is 2.04. The number of anilines is 1. The Kier molecular flexibility index (Phi) is 4.74. The van der Waals surface area contributed by atoms with Gasteiger partial charge in [-0.1, -0.05) is 13.8 Å². The van der Waals surface area contributed by atoms with Gasteiger partial charge in [0, 0.05) is 19.5 Å². The summed E-state index contributed by atoms with van der Waals surface area (Å²) in [7, 11) is 3.95. The third-order valence-electron chi connectivity index (χ3n) is 3.11. The molecule has 2 heterocycles. The number of furan rings is 1. The minimum absolute atomic E-state index is 0.329. The van der Waals surface area contributed by atoms with E-state index in [2.05, 4.69) is 34.0 Å². The number of nitrogens with zero attached hydrogens (tertiary/aromatic N) is 3. The minimum atomic E-state index is 0.329. The molecule has 0 aliphatic rings. The van der Waals surface area contributed by atoms with Crippen LogP contribution in [0.25, 0.3) is 0 Å². The zero-order valence-corrected chi connectivity index (χ0v) is 12.6. The van der Waals surface area contributed by atoms with Crippen molar-refractivity contribution in [1.82, 2.24) is 15.3 Å². The topological polar surface area (TPSA) is 54.2 Å². The van der Waals surface area contributed by atoms with Crippen LogP contribution in [0.5, 0.6) is 0 Å². The van der Waals surface area contributed by atoms with Crippen molar-refractivity contribution >= 4 is 5.69 Å². The molecular weight excluding hydrogens is 252 g/mol. The average molecular weight is 274 g/mol. The van der Waals surface area contributed by atoms with Gasteiger partial charge in [0.15, 0.2) is 0 Å². The Morgan fingerprint density at radius 2 is 2.20 bits per heavy atom. The molecule has 0 saturated carbocycles. The van der Waals surface area contributed by atoms with Crippen LogP contribution >= 0.6 is 0 Å². The highest BCUT2D eigenvalue weighted by atomic mass is 16.3. The van der Waals surface area contributed by atoms with E-state index in [1.807, 2.05) is 32.4 Å². The lowest BCUT2D eigenvalue weighted by Crippen LogP contribution is -2.21. The fourth-order valence-electron chi connectivity index (χ4n) is 2.04. The van der Waals surface area contributed by atoms with Crippen LogP contribution in [0.15, 0.2) is 29.0 Å². The zero-order valence-electron chi connectivity index (χ0n) is 12.6. The van der Waals surface area contributed by atoms with Gasteiger partial charge in [0.2, 0.25) is 0 Å². The maximum atomic E-state index is 5.39. The second kappa shape index (κ2) is 6.52. The van der Waals surface area contributed by atoms with Crippen LogP contribution in [0.1, 0.15) is 37.0 Å². The van der Waals surface area contributed by atoms with Crippen LogP contribution in [-0.4, -0.2) is 24.1 Å². The van der Waals surface area contributed by atoms with Crippen LogP contribution in [0.3, 0.4) is 0 Å². The number of hydrogen-bond acceptors (Lipinski definition) is 5. The Hall–Kier alpha value is -1.88. The van der Waals surface area contributed by atoms with Gasteiger partial charge in [-0.25, -0.2) is 9.97 Å². The van der Waals surface area contributed by atoms with Gasteiger partial charge in [0.25, 0.3) is 0 Å². The van der Waals surface area contributed by atoms with E-state index in [4.69, 9.17) is 4.42 Å². The van der Waals surface area contributed by atoms with E-state index < -0.39 is 0 Å². The molecule has 0 saturated heterocycles. The number of rotatable bonds is 6. The Morgan fingerprint density at radius 1 is 1.40 bits per heavy atom. The Labute approximate surface area is 120 Å².